The molecule has 4 rings (SSSR count). The maximum atomic E-state index is 12.9. The van der Waals surface area contributed by atoms with Crippen molar-refractivity contribution in [2.75, 3.05) is 4.72 Å². The number of nitrogens with zero attached hydrogens (tertiary/aromatic N) is 4. The van der Waals surface area contributed by atoms with Crippen molar-refractivity contribution >= 4 is 45.3 Å². The van der Waals surface area contributed by atoms with E-state index in [9.17, 15) is 23.3 Å². The Morgan fingerprint density at radius 2 is 1.79 bits per heavy atom. The molecule has 0 aliphatic heterocycles. The van der Waals surface area contributed by atoms with E-state index in [0.29, 0.717) is 21.3 Å². The molecule has 39 heavy (non-hydrogen) atoms. The third-order valence-corrected chi connectivity index (χ3v) is 7.66. The summed E-state index contributed by atoms with van der Waals surface area (Å²) in [4.78, 5) is 32.0. The van der Waals surface area contributed by atoms with Crippen LogP contribution in [0.4, 0.5) is 11.4 Å². The van der Waals surface area contributed by atoms with Gasteiger partial charge < -0.3 is 0 Å². The van der Waals surface area contributed by atoms with Crippen molar-refractivity contribution in [2.24, 2.45) is 5.10 Å². The van der Waals surface area contributed by atoms with Gasteiger partial charge in [0, 0.05) is 29.6 Å². The first-order chi connectivity index (χ1) is 18.6. The molecule has 4 aromatic rings. The number of hydrogen-bond acceptors (Lipinski definition) is 9. The van der Waals surface area contributed by atoms with E-state index in [0.717, 1.165) is 22.9 Å². The smallest absolute Gasteiger partial charge is 0.279 e. The maximum Gasteiger partial charge on any atom is 0.283 e. The summed E-state index contributed by atoms with van der Waals surface area (Å²) in [7, 11) is -3.95. The second-order valence-electron chi connectivity index (χ2n) is 8.27. The lowest BCUT2D eigenvalue weighted by atomic mass is 10.1. The van der Waals surface area contributed by atoms with Gasteiger partial charge in [-0.3, -0.25) is 19.6 Å². The molecule has 0 saturated carbocycles. The van der Waals surface area contributed by atoms with Crippen molar-refractivity contribution in [3.05, 3.63) is 111 Å². The van der Waals surface area contributed by atoms with Gasteiger partial charge >= 0.3 is 0 Å². The molecule has 1 amide bonds. The molecular weight excluding hydrogens is 540 g/mol. The molecule has 1 aromatic heterocycles. The number of amides is 1. The minimum absolute atomic E-state index is 0.0660. The van der Waals surface area contributed by atoms with Crippen LogP contribution in [0.1, 0.15) is 27.0 Å². The van der Waals surface area contributed by atoms with Crippen LogP contribution in [-0.2, 0) is 10.0 Å². The highest BCUT2D eigenvalue weighted by molar-refractivity contribution is 7.99. The average Bonchev–Trinajstić information content (AvgIpc) is 2.91. The van der Waals surface area contributed by atoms with Gasteiger partial charge in [-0.1, -0.05) is 29.8 Å². The summed E-state index contributed by atoms with van der Waals surface area (Å²) in [6.45, 7) is 3.71. The van der Waals surface area contributed by atoms with Crippen LogP contribution in [0.5, 0.6) is 0 Å². The van der Waals surface area contributed by atoms with Gasteiger partial charge in [0.1, 0.15) is 0 Å². The Hall–Kier alpha value is -4.62. The third kappa shape index (κ3) is 7.03. The normalized spacial score (nSPS) is 11.3. The first kappa shape index (κ1) is 27.4. The lowest BCUT2D eigenvalue weighted by molar-refractivity contribution is -0.387. The van der Waals surface area contributed by atoms with Crippen molar-refractivity contribution in [1.29, 1.82) is 0 Å². The van der Waals surface area contributed by atoms with Crippen molar-refractivity contribution in [2.45, 2.75) is 28.8 Å². The molecule has 0 bridgehead atoms. The Labute approximate surface area is 228 Å². The molecule has 0 fully saturated rings. The fourth-order valence-corrected chi connectivity index (χ4v) is 5.42. The second kappa shape index (κ2) is 11.8. The van der Waals surface area contributed by atoms with E-state index >= 15 is 0 Å². The largest absolute Gasteiger partial charge is 0.283 e. The Morgan fingerprint density at radius 1 is 1.03 bits per heavy atom. The van der Waals surface area contributed by atoms with Crippen molar-refractivity contribution < 1.29 is 18.1 Å². The molecule has 1 heterocycles. The van der Waals surface area contributed by atoms with Gasteiger partial charge in [0.2, 0.25) is 0 Å². The number of carbonyl (C=O) groups is 1. The number of nitrogens with one attached hydrogen (secondary N) is 2. The molecule has 0 aliphatic rings. The van der Waals surface area contributed by atoms with E-state index in [1.165, 1.54) is 48.9 Å². The summed E-state index contributed by atoms with van der Waals surface area (Å²) in [5.41, 5.74) is 4.79. The number of hydrazone groups is 1. The lowest BCUT2D eigenvalue weighted by Gasteiger charge is -2.12. The second-order valence-corrected chi connectivity index (χ2v) is 11.0. The summed E-state index contributed by atoms with van der Waals surface area (Å²) < 4.78 is 28.4. The Kier molecular flexibility index (Phi) is 8.32. The van der Waals surface area contributed by atoms with Crippen molar-refractivity contribution in [3.63, 3.8) is 0 Å². The summed E-state index contributed by atoms with van der Waals surface area (Å²) in [6, 6.07) is 16.9. The summed E-state index contributed by atoms with van der Waals surface area (Å²) >= 11 is 1.05. The van der Waals surface area contributed by atoms with Gasteiger partial charge in [0.05, 0.1) is 26.6 Å². The van der Waals surface area contributed by atoms with Crippen LogP contribution in [-0.4, -0.2) is 35.4 Å². The molecule has 0 spiro atoms. The fourth-order valence-electron chi connectivity index (χ4n) is 3.45. The molecule has 13 heteroatoms. The molecule has 0 aliphatic carbocycles. The van der Waals surface area contributed by atoms with Gasteiger partial charge in [0.25, 0.3) is 21.6 Å². The van der Waals surface area contributed by atoms with Gasteiger partial charge in [-0.15, -0.1) is 0 Å². The Bertz CT molecular complexity index is 1680. The summed E-state index contributed by atoms with van der Waals surface area (Å²) in [6.07, 6.45) is 4.33. The molecular formula is C26H22N6O5S2. The monoisotopic (exact) mass is 562 g/mol. The third-order valence-electron chi connectivity index (χ3n) is 5.34. The molecule has 2 N–H and O–H groups in total. The molecule has 0 unspecified atom stereocenters. The van der Waals surface area contributed by atoms with E-state index < -0.39 is 20.9 Å². The number of aryl methyl sites for hydroxylation is 2. The minimum Gasteiger partial charge on any atom is -0.279 e. The molecule has 198 valence electrons. The predicted molar refractivity (Wildman–Crippen MR) is 147 cm³/mol. The van der Waals surface area contributed by atoms with Gasteiger partial charge in [-0.25, -0.2) is 23.8 Å². The van der Waals surface area contributed by atoms with E-state index in [4.69, 9.17) is 0 Å². The topological polar surface area (TPSA) is 157 Å². The molecule has 0 saturated heterocycles. The van der Waals surface area contributed by atoms with Gasteiger partial charge in [-0.05, 0) is 67.6 Å². The highest BCUT2D eigenvalue weighted by Gasteiger charge is 2.18. The molecule has 3 aromatic carbocycles. The number of nitro benzene ring substituents is 1. The van der Waals surface area contributed by atoms with Crippen LogP contribution in [0, 0.1) is 24.0 Å². The van der Waals surface area contributed by atoms with Crippen LogP contribution in [0.15, 0.2) is 99.2 Å². The van der Waals surface area contributed by atoms with Crippen LogP contribution >= 0.6 is 11.8 Å². The average molecular weight is 563 g/mol. The molecule has 0 atom stereocenters. The zero-order valence-electron chi connectivity index (χ0n) is 20.7. The molecule has 0 radical (unpaired) electrons. The summed E-state index contributed by atoms with van der Waals surface area (Å²) in [5, 5.41) is 15.8. The van der Waals surface area contributed by atoms with Crippen LogP contribution in [0.2, 0.25) is 0 Å². The van der Waals surface area contributed by atoms with Gasteiger partial charge in [-0.2, -0.15) is 5.10 Å². The number of hydrogen-bond donors (Lipinski definition) is 2. The fraction of sp³-hybridized carbons (Fsp3) is 0.0769. The Balaban J connectivity index is 1.46. The quantitative estimate of drug-likeness (QED) is 0.128. The maximum absolute atomic E-state index is 12.9. The number of carbonyl (C=O) groups excluding carboxylic acids is 1. The summed E-state index contributed by atoms with van der Waals surface area (Å²) in [5.74, 6) is -0.655. The van der Waals surface area contributed by atoms with E-state index in [1.54, 1.807) is 37.3 Å². The molecule has 11 nitrogen and oxygen atoms in total. The van der Waals surface area contributed by atoms with Crippen LogP contribution in [0.3, 0.4) is 0 Å². The zero-order valence-corrected chi connectivity index (χ0v) is 22.4. The standard InChI is InChI=1S/C26H22N6O5S2/c1-17-7-9-22(18(2)13-17)31-39(36,37)21-6-3-5-20(15-21)25(33)30-29-16-19-8-10-24(23(14-19)32(34)35)38-26-27-11-4-12-28-26/h3-16,31H,1-2H3,(H,30,33)/b29-16+. The number of rotatable bonds is 9. The number of benzene rings is 3. The van der Waals surface area contributed by atoms with E-state index in [2.05, 4.69) is 25.2 Å². The number of anilines is 1. The lowest BCUT2D eigenvalue weighted by Crippen LogP contribution is -2.19. The first-order valence-electron chi connectivity index (χ1n) is 11.4. The highest BCUT2D eigenvalue weighted by atomic mass is 32.2. The minimum atomic E-state index is -3.95. The predicted octanol–water partition coefficient (Wildman–Crippen LogP) is 4.72. The van der Waals surface area contributed by atoms with Crippen molar-refractivity contribution in [1.82, 2.24) is 15.4 Å². The number of aromatic nitrogens is 2. The number of nitro groups is 1. The highest BCUT2D eigenvalue weighted by Crippen LogP contribution is 2.33. The Morgan fingerprint density at radius 3 is 2.51 bits per heavy atom. The zero-order chi connectivity index (χ0) is 28.0. The number of sulfonamides is 1. The SMILES string of the molecule is Cc1ccc(NS(=O)(=O)c2cccc(C(=O)N/N=C/c3ccc(Sc4ncccn4)c([N+](=O)[O-])c3)c2)c(C)c1. The van der Waals surface area contributed by atoms with Gasteiger partial charge in [0.15, 0.2) is 5.16 Å². The van der Waals surface area contributed by atoms with E-state index in [-0.39, 0.29) is 16.1 Å². The van der Waals surface area contributed by atoms with Crippen LogP contribution < -0.4 is 10.1 Å². The first-order valence-corrected chi connectivity index (χ1v) is 13.7. The van der Waals surface area contributed by atoms with E-state index in [1.807, 2.05) is 13.0 Å². The van der Waals surface area contributed by atoms with Crippen molar-refractivity contribution in [3.8, 4) is 0 Å². The van der Waals surface area contributed by atoms with Crippen LogP contribution in [0.25, 0.3) is 0 Å².